The molecule has 7 heteroatoms. The van der Waals surface area contributed by atoms with Crippen molar-refractivity contribution in [3.05, 3.63) is 28.5 Å². The smallest absolute Gasteiger partial charge is 0.342 e. The van der Waals surface area contributed by atoms with Gasteiger partial charge in [-0.3, -0.25) is 0 Å². The second kappa shape index (κ2) is 9.00. The maximum atomic E-state index is 14.3. The van der Waals surface area contributed by atoms with Crippen molar-refractivity contribution in [3.63, 3.8) is 0 Å². The SMILES string of the molecule is CCCCOC(=O)c1c(Cl)ccc(NS(=O)CCC)c1F. The zero-order chi connectivity index (χ0) is 15.8. The van der Waals surface area contributed by atoms with Gasteiger partial charge in [0.1, 0.15) is 16.5 Å². The van der Waals surface area contributed by atoms with E-state index in [0.717, 1.165) is 6.42 Å². The fourth-order valence-corrected chi connectivity index (χ4v) is 2.66. The Bertz CT molecular complexity index is 525. The van der Waals surface area contributed by atoms with Crippen molar-refractivity contribution >= 4 is 34.2 Å². The highest BCUT2D eigenvalue weighted by Gasteiger charge is 2.21. The standard InChI is InChI=1S/C14H19ClFNO3S/c1-3-5-8-20-14(18)12-10(15)6-7-11(13(12)16)17-21(19)9-4-2/h6-7,17H,3-5,8-9H2,1-2H3. The van der Waals surface area contributed by atoms with Crippen LogP contribution in [0.15, 0.2) is 12.1 Å². The van der Waals surface area contributed by atoms with Crippen LogP contribution in [-0.2, 0) is 15.7 Å². The van der Waals surface area contributed by atoms with Crippen molar-refractivity contribution < 1.29 is 18.1 Å². The minimum absolute atomic E-state index is 0.0198. The lowest BCUT2D eigenvalue weighted by Crippen LogP contribution is -2.14. The monoisotopic (exact) mass is 335 g/mol. The molecule has 1 N–H and O–H groups in total. The molecular formula is C14H19ClFNO3S. The Kier molecular flexibility index (Phi) is 7.67. The number of unbranched alkanes of at least 4 members (excludes halogenated alkanes) is 1. The molecular weight excluding hydrogens is 317 g/mol. The van der Waals surface area contributed by atoms with Gasteiger partial charge < -0.3 is 9.46 Å². The Labute approximate surface area is 131 Å². The molecule has 0 amide bonds. The molecule has 0 saturated heterocycles. The summed E-state index contributed by atoms with van der Waals surface area (Å²) < 4.78 is 33.4. The van der Waals surface area contributed by atoms with Crippen LogP contribution in [0.2, 0.25) is 5.02 Å². The fraction of sp³-hybridized carbons (Fsp3) is 0.500. The summed E-state index contributed by atoms with van der Waals surface area (Å²) in [5, 5.41) is -0.0270. The number of carbonyl (C=O) groups is 1. The van der Waals surface area contributed by atoms with Crippen molar-refractivity contribution in [3.8, 4) is 0 Å². The Morgan fingerprint density at radius 1 is 1.38 bits per heavy atom. The van der Waals surface area contributed by atoms with E-state index in [4.69, 9.17) is 16.3 Å². The van der Waals surface area contributed by atoms with E-state index < -0.39 is 22.8 Å². The van der Waals surface area contributed by atoms with Gasteiger partial charge in [0.25, 0.3) is 0 Å². The van der Waals surface area contributed by atoms with Crippen LogP contribution in [0.1, 0.15) is 43.5 Å². The molecule has 0 bridgehead atoms. The number of halogens is 2. The Morgan fingerprint density at radius 2 is 2.10 bits per heavy atom. The van der Waals surface area contributed by atoms with E-state index in [0.29, 0.717) is 18.6 Å². The van der Waals surface area contributed by atoms with E-state index >= 15 is 0 Å². The molecule has 0 heterocycles. The predicted molar refractivity (Wildman–Crippen MR) is 83.5 cm³/mol. The third-order valence-electron chi connectivity index (χ3n) is 2.64. The van der Waals surface area contributed by atoms with Gasteiger partial charge in [0.15, 0.2) is 5.82 Å². The summed E-state index contributed by atoms with van der Waals surface area (Å²) in [7, 11) is -1.40. The molecule has 1 aromatic rings. The Balaban J connectivity index is 2.93. The molecule has 1 aromatic carbocycles. The summed E-state index contributed by atoms with van der Waals surface area (Å²) in [6, 6.07) is 2.74. The summed E-state index contributed by atoms with van der Waals surface area (Å²) in [6.07, 6.45) is 2.26. The van der Waals surface area contributed by atoms with Crippen LogP contribution in [0, 0.1) is 5.82 Å². The molecule has 0 radical (unpaired) electrons. The van der Waals surface area contributed by atoms with Gasteiger partial charge in [0, 0.05) is 5.75 Å². The Hall–Kier alpha value is -1.14. The van der Waals surface area contributed by atoms with E-state index in [1.807, 2.05) is 13.8 Å². The maximum Gasteiger partial charge on any atom is 0.342 e. The number of hydrogen-bond donors (Lipinski definition) is 1. The van der Waals surface area contributed by atoms with Crippen LogP contribution in [0.4, 0.5) is 10.1 Å². The molecule has 0 aliphatic heterocycles. The second-order valence-electron chi connectivity index (χ2n) is 4.43. The maximum absolute atomic E-state index is 14.3. The minimum atomic E-state index is -1.40. The number of rotatable bonds is 8. The number of esters is 1. The number of anilines is 1. The molecule has 21 heavy (non-hydrogen) atoms. The van der Waals surface area contributed by atoms with Crippen LogP contribution < -0.4 is 4.72 Å². The number of nitrogens with one attached hydrogen (secondary N) is 1. The normalized spacial score (nSPS) is 12.0. The molecule has 0 fully saturated rings. The third kappa shape index (κ3) is 5.28. The topological polar surface area (TPSA) is 55.4 Å². The van der Waals surface area contributed by atoms with Crippen molar-refractivity contribution in [1.29, 1.82) is 0 Å². The van der Waals surface area contributed by atoms with Crippen LogP contribution in [0.3, 0.4) is 0 Å². The lowest BCUT2D eigenvalue weighted by Gasteiger charge is -2.11. The molecule has 0 aliphatic rings. The van der Waals surface area contributed by atoms with Gasteiger partial charge in [-0.25, -0.2) is 13.4 Å². The van der Waals surface area contributed by atoms with E-state index in [-0.39, 0.29) is 22.9 Å². The summed E-state index contributed by atoms with van der Waals surface area (Å²) >= 11 is 5.86. The van der Waals surface area contributed by atoms with E-state index in [1.54, 1.807) is 0 Å². The predicted octanol–water partition coefficient (Wildman–Crippen LogP) is 3.92. The quantitative estimate of drug-likeness (QED) is 0.578. The number of ether oxygens (including phenoxy) is 1. The zero-order valence-electron chi connectivity index (χ0n) is 12.1. The largest absolute Gasteiger partial charge is 0.462 e. The molecule has 118 valence electrons. The van der Waals surface area contributed by atoms with Crippen molar-refractivity contribution in [2.45, 2.75) is 33.1 Å². The summed E-state index contributed by atoms with van der Waals surface area (Å²) in [6.45, 7) is 4.04. The lowest BCUT2D eigenvalue weighted by molar-refractivity contribution is 0.0495. The first-order chi connectivity index (χ1) is 10.0. The van der Waals surface area contributed by atoms with Gasteiger partial charge >= 0.3 is 5.97 Å². The molecule has 0 saturated carbocycles. The van der Waals surface area contributed by atoms with Crippen molar-refractivity contribution in [2.75, 3.05) is 17.1 Å². The van der Waals surface area contributed by atoms with Gasteiger partial charge in [0.05, 0.1) is 17.3 Å². The average molecular weight is 336 g/mol. The van der Waals surface area contributed by atoms with Gasteiger partial charge in [-0.2, -0.15) is 0 Å². The molecule has 0 aliphatic carbocycles. The average Bonchev–Trinajstić information content (AvgIpc) is 2.43. The number of hydrogen-bond acceptors (Lipinski definition) is 3. The molecule has 1 atom stereocenters. The van der Waals surface area contributed by atoms with E-state index in [1.165, 1.54) is 12.1 Å². The van der Waals surface area contributed by atoms with Crippen LogP contribution in [-0.4, -0.2) is 22.5 Å². The van der Waals surface area contributed by atoms with Gasteiger partial charge in [0.2, 0.25) is 0 Å². The third-order valence-corrected chi connectivity index (χ3v) is 4.18. The van der Waals surface area contributed by atoms with Gasteiger partial charge in [-0.15, -0.1) is 0 Å². The van der Waals surface area contributed by atoms with E-state index in [9.17, 15) is 13.4 Å². The summed E-state index contributed by atoms with van der Waals surface area (Å²) in [5.74, 6) is -1.26. The lowest BCUT2D eigenvalue weighted by atomic mass is 10.2. The van der Waals surface area contributed by atoms with E-state index in [2.05, 4.69) is 4.72 Å². The first-order valence-corrected chi connectivity index (χ1v) is 8.51. The van der Waals surface area contributed by atoms with Gasteiger partial charge in [-0.1, -0.05) is 31.9 Å². The van der Waals surface area contributed by atoms with Crippen LogP contribution in [0.25, 0.3) is 0 Å². The first-order valence-electron chi connectivity index (χ1n) is 6.81. The molecule has 1 unspecified atom stereocenters. The fourth-order valence-electron chi connectivity index (χ4n) is 1.56. The highest BCUT2D eigenvalue weighted by molar-refractivity contribution is 7.86. The molecule has 4 nitrogen and oxygen atoms in total. The van der Waals surface area contributed by atoms with Crippen molar-refractivity contribution in [2.24, 2.45) is 0 Å². The molecule has 1 rings (SSSR count). The van der Waals surface area contributed by atoms with Crippen LogP contribution >= 0.6 is 11.6 Å². The zero-order valence-corrected chi connectivity index (χ0v) is 13.7. The first kappa shape index (κ1) is 17.9. The second-order valence-corrected chi connectivity index (χ2v) is 6.14. The highest BCUT2D eigenvalue weighted by Crippen LogP contribution is 2.27. The summed E-state index contributed by atoms with van der Waals surface area (Å²) in [5.41, 5.74) is -0.347. The summed E-state index contributed by atoms with van der Waals surface area (Å²) in [4.78, 5) is 11.9. The van der Waals surface area contributed by atoms with Crippen LogP contribution in [0.5, 0.6) is 0 Å². The van der Waals surface area contributed by atoms with Crippen molar-refractivity contribution in [1.82, 2.24) is 0 Å². The number of benzene rings is 1. The Morgan fingerprint density at radius 3 is 2.71 bits per heavy atom. The molecule has 0 spiro atoms. The highest BCUT2D eigenvalue weighted by atomic mass is 35.5. The molecule has 0 aromatic heterocycles. The number of carbonyl (C=O) groups excluding carboxylic acids is 1. The minimum Gasteiger partial charge on any atom is -0.462 e. The van der Waals surface area contributed by atoms with Gasteiger partial charge in [-0.05, 0) is 25.0 Å².